The molecule has 7 heteroatoms. The number of pyridine rings is 1. The summed E-state index contributed by atoms with van der Waals surface area (Å²) in [5.74, 6) is -1.75. The Morgan fingerprint density at radius 3 is 2.50 bits per heavy atom. The van der Waals surface area contributed by atoms with E-state index in [-0.39, 0.29) is 22.0 Å². The van der Waals surface area contributed by atoms with Gasteiger partial charge in [0.25, 0.3) is 0 Å². The molecule has 3 N–H and O–H groups in total. The van der Waals surface area contributed by atoms with Crippen molar-refractivity contribution >= 4 is 29.2 Å². The molecule has 0 unspecified atom stereocenters. The fourth-order valence-electron chi connectivity index (χ4n) is 2.07. The predicted molar refractivity (Wildman–Crippen MR) is 91.2 cm³/mol. The molecule has 1 aromatic heterocycles. The Labute approximate surface area is 144 Å². The van der Waals surface area contributed by atoms with Crippen LogP contribution in [0.5, 0.6) is 0 Å². The highest BCUT2D eigenvalue weighted by Crippen LogP contribution is 2.31. The monoisotopic (exact) mass is 348 g/mol. The molecule has 2 aromatic rings. The first-order valence-electron chi connectivity index (χ1n) is 7.11. The van der Waals surface area contributed by atoms with Gasteiger partial charge in [0.05, 0.1) is 16.8 Å². The Bertz CT molecular complexity index is 813. The predicted octanol–water partition coefficient (Wildman–Crippen LogP) is 3.64. The molecule has 0 saturated heterocycles. The van der Waals surface area contributed by atoms with Gasteiger partial charge in [-0.25, -0.2) is 14.6 Å². The number of hydrogen-bond donors (Lipinski definition) is 2. The molecule has 0 aliphatic heterocycles. The number of carbonyl (C=O) groups excluding carboxylic acids is 1. The Morgan fingerprint density at radius 2 is 1.92 bits per heavy atom. The second-order valence-electron chi connectivity index (χ2n) is 6.14. The second kappa shape index (κ2) is 6.49. The molecule has 2 rings (SSSR count). The van der Waals surface area contributed by atoms with Crippen molar-refractivity contribution < 1.29 is 19.4 Å². The Balaban J connectivity index is 2.50. The number of rotatable bonds is 3. The van der Waals surface area contributed by atoms with Crippen molar-refractivity contribution in [3.05, 3.63) is 46.7 Å². The highest BCUT2D eigenvalue weighted by molar-refractivity contribution is 6.32. The van der Waals surface area contributed by atoms with Crippen molar-refractivity contribution in [3.8, 4) is 11.1 Å². The average Bonchev–Trinajstić information content (AvgIpc) is 2.46. The molecule has 1 heterocycles. The number of carboxylic acids is 1. The number of nitrogen functional groups attached to an aromatic ring is 1. The standard InChI is InChI=1S/C17H17ClN2O4/c1-17(2,3)24-16(23)11-6-4-5-10(13(11)19)9-7-12(15(21)22)14(18)20-8-9/h4-8H,19H2,1-3H3,(H,21,22). The lowest BCUT2D eigenvalue weighted by Gasteiger charge is -2.20. The third kappa shape index (κ3) is 3.83. The zero-order valence-corrected chi connectivity index (χ0v) is 14.2. The quantitative estimate of drug-likeness (QED) is 0.498. The molecule has 0 saturated carbocycles. The van der Waals surface area contributed by atoms with E-state index >= 15 is 0 Å². The molecule has 6 nitrogen and oxygen atoms in total. The van der Waals surface area contributed by atoms with Crippen molar-refractivity contribution in [2.24, 2.45) is 0 Å². The zero-order valence-electron chi connectivity index (χ0n) is 13.5. The van der Waals surface area contributed by atoms with E-state index in [2.05, 4.69) is 4.98 Å². The Hall–Kier alpha value is -2.60. The van der Waals surface area contributed by atoms with Crippen LogP contribution >= 0.6 is 11.6 Å². The summed E-state index contributed by atoms with van der Waals surface area (Å²) in [6.07, 6.45) is 1.40. The van der Waals surface area contributed by atoms with Crippen LogP contribution in [0.4, 0.5) is 5.69 Å². The van der Waals surface area contributed by atoms with Gasteiger partial charge in [0.1, 0.15) is 10.8 Å². The van der Waals surface area contributed by atoms with E-state index in [4.69, 9.17) is 27.2 Å². The molecule has 0 fully saturated rings. The summed E-state index contributed by atoms with van der Waals surface area (Å²) in [7, 11) is 0. The van der Waals surface area contributed by atoms with E-state index in [1.807, 2.05) is 0 Å². The van der Waals surface area contributed by atoms with Crippen molar-refractivity contribution in [3.63, 3.8) is 0 Å². The summed E-state index contributed by atoms with van der Waals surface area (Å²) in [6, 6.07) is 6.22. The van der Waals surface area contributed by atoms with Crippen LogP contribution in [0, 0.1) is 0 Å². The molecule has 126 valence electrons. The lowest BCUT2D eigenvalue weighted by atomic mass is 10.0. The fraction of sp³-hybridized carbons (Fsp3) is 0.235. The summed E-state index contributed by atoms with van der Waals surface area (Å²) < 4.78 is 5.33. The third-order valence-electron chi connectivity index (χ3n) is 3.11. The van der Waals surface area contributed by atoms with Crippen LogP contribution in [0.1, 0.15) is 41.5 Å². The average molecular weight is 349 g/mol. The highest BCUT2D eigenvalue weighted by atomic mass is 35.5. The van der Waals surface area contributed by atoms with Gasteiger partial charge in [-0.2, -0.15) is 0 Å². The van der Waals surface area contributed by atoms with Gasteiger partial charge in [0, 0.05) is 17.3 Å². The number of nitrogens with two attached hydrogens (primary N) is 1. The van der Waals surface area contributed by atoms with Crippen LogP contribution in [0.3, 0.4) is 0 Å². The number of ether oxygens (including phenoxy) is 1. The maximum absolute atomic E-state index is 12.3. The van der Waals surface area contributed by atoms with Gasteiger partial charge in [-0.15, -0.1) is 0 Å². The SMILES string of the molecule is CC(C)(C)OC(=O)c1cccc(-c2cnc(Cl)c(C(=O)O)c2)c1N. The topological polar surface area (TPSA) is 103 Å². The van der Waals surface area contributed by atoms with Gasteiger partial charge < -0.3 is 15.6 Å². The third-order valence-corrected chi connectivity index (χ3v) is 3.41. The molecule has 0 spiro atoms. The summed E-state index contributed by atoms with van der Waals surface area (Å²) >= 11 is 5.78. The van der Waals surface area contributed by atoms with Gasteiger partial charge in [0.15, 0.2) is 0 Å². The number of aromatic carboxylic acids is 1. The van der Waals surface area contributed by atoms with Gasteiger partial charge in [0.2, 0.25) is 0 Å². The largest absolute Gasteiger partial charge is 0.478 e. The first-order valence-corrected chi connectivity index (χ1v) is 7.49. The molecular weight excluding hydrogens is 332 g/mol. The Kier molecular flexibility index (Phi) is 4.80. The van der Waals surface area contributed by atoms with Crippen LogP contribution in [-0.4, -0.2) is 27.6 Å². The molecule has 0 atom stereocenters. The summed E-state index contributed by atoms with van der Waals surface area (Å²) in [6.45, 7) is 5.27. The fourth-order valence-corrected chi connectivity index (χ4v) is 2.26. The number of benzene rings is 1. The number of para-hydroxylation sites is 1. The van der Waals surface area contributed by atoms with Gasteiger partial charge in [-0.1, -0.05) is 23.7 Å². The highest BCUT2D eigenvalue weighted by Gasteiger charge is 2.21. The lowest BCUT2D eigenvalue weighted by Crippen LogP contribution is -2.24. The molecule has 24 heavy (non-hydrogen) atoms. The molecule has 1 aromatic carbocycles. The lowest BCUT2D eigenvalue weighted by molar-refractivity contribution is 0.00706. The smallest absolute Gasteiger partial charge is 0.340 e. The first kappa shape index (κ1) is 17.7. The number of aromatic nitrogens is 1. The van der Waals surface area contributed by atoms with E-state index in [0.29, 0.717) is 11.1 Å². The molecule has 0 aliphatic carbocycles. The van der Waals surface area contributed by atoms with E-state index in [1.54, 1.807) is 39.0 Å². The normalized spacial score (nSPS) is 11.2. The summed E-state index contributed by atoms with van der Waals surface area (Å²) in [5.41, 5.74) is 6.60. The van der Waals surface area contributed by atoms with Crippen LogP contribution in [-0.2, 0) is 4.74 Å². The van der Waals surface area contributed by atoms with E-state index in [1.165, 1.54) is 12.3 Å². The maximum atomic E-state index is 12.3. The molecular formula is C17H17ClN2O4. The number of halogens is 1. The Morgan fingerprint density at radius 1 is 1.25 bits per heavy atom. The van der Waals surface area contributed by atoms with Crippen LogP contribution < -0.4 is 5.73 Å². The van der Waals surface area contributed by atoms with Crippen molar-refractivity contribution in [1.82, 2.24) is 4.98 Å². The van der Waals surface area contributed by atoms with Crippen LogP contribution in [0.25, 0.3) is 11.1 Å². The minimum Gasteiger partial charge on any atom is -0.478 e. The number of esters is 1. The number of carbonyl (C=O) groups is 2. The number of carboxylic acid groups (broad SMARTS) is 1. The summed E-state index contributed by atoms with van der Waals surface area (Å²) in [5, 5.41) is 9.03. The molecule has 0 bridgehead atoms. The van der Waals surface area contributed by atoms with Gasteiger partial charge >= 0.3 is 11.9 Å². The van der Waals surface area contributed by atoms with Crippen molar-refractivity contribution in [2.75, 3.05) is 5.73 Å². The van der Waals surface area contributed by atoms with Crippen molar-refractivity contribution in [2.45, 2.75) is 26.4 Å². The number of nitrogens with zero attached hydrogens (tertiary/aromatic N) is 1. The van der Waals surface area contributed by atoms with Crippen LogP contribution in [0.2, 0.25) is 5.15 Å². The van der Waals surface area contributed by atoms with Crippen LogP contribution in [0.15, 0.2) is 30.5 Å². The second-order valence-corrected chi connectivity index (χ2v) is 6.49. The van der Waals surface area contributed by atoms with Crippen molar-refractivity contribution in [1.29, 1.82) is 0 Å². The first-order chi connectivity index (χ1) is 11.1. The maximum Gasteiger partial charge on any atom is 0.340 e. The van der Waals surface area contributed by atoms with Gasteiger partial charge in [-0.3, -0.25) is 0 Å². The van der Waals surface area contributed by atoms with E-state index < -0.39 is 17.5 Å². The molecule has 0 radical (unpaired) electrons. The number of hydrogen-bond acceptors (Lipinski definition) is 5. The minimum atomic E-state index is -1.20. The van der Waals surface area contributed by atoms with E-state index in [0.717, 1.165) is 0 Å². The zero-order chi connectivity index (χ0) is 18.1. The number of anilines is 1. The van der Waals surface area contributed by atoms with E-state index in [9.17, 15) is 9.59 Å². The van der Waals surface area contributed by atoms with Gasteiger partial charge in [-0.05, 0) is 32.9 Å². The summed E-state index contributed by atoms with van der Waals surface area (Å²) in [4.78, 5) is 27.3. The minimum absolute atomic E-state index is 0.117. The molecule has 0 aliphatic rings. The molecule has 0 amide bonds.